The van der Waals surface area contributed by atoms with Gasteiger partial charge in [0.05, 0.1) is 19.6 Å². The Kier molecular flexibility index (Phi) is 2.69. The molecule has 0 saturated heterocycles. The molecule has 0 radical (unpaired) electrons. The third-order valence-electron chi connectivity index (χ3n) is 2.95. The lowest BCUT2D eigenvalue weighted by atomic mass is 10.1. The summed E-state index contributed by atoms with van der Waals surface area (Å²) in [4.78, 5) is 0. The van der Waals surface area contributed by atoms with Crippen molar-refractivity contribution in [1.82, 2.24) is 0 Å². The highest BCUT2D eigenvalue weighted by atomic mass is 16.5. The molecule has 1 heterocycles. The number of benzene rings is 1. The fraction of sp³-hybridized carbons (Fsp3) is 0.308. The second-order valence-corrected chi connectivity index (χ2v) is 3.78. The van der Waals surface area contributed by atoms with Gasteiger partial charge in [0.1, 0.15) is 7.05 Å². The summed E-state index contributed by atoms with van der Waals surface area (Å²) in [6.45, 7) is 2.07. The molecule has 2 aromatic rings. The summed E-state index contributed by atoms with van der Waals surface area (Å²) in [6, 6.07) is 6.05. The van der Waals surface area contributed by atoms with Gasteiger partial charge in [-0.25, -0.2) is 4.57 Å². The van der Waals surface area contributed by atoms with Crippen molar-refractivity contribution in [3.8, 4) is 11.5 Å². The van der Waals surface area contributed by atoms with E-state index in [1.807, 2.05) is 25.4 Å². The predicted molar refractivity (Wildman–Crippen MR) is 63.0 cm³/mol. The van der Waals surface area contributed by atoms with Gasteiger partial charge in [-0.2, -0.15) is 0 Å². The summed E-state index contributed by atoms with van der Waals surface area (Å²) >= 11 is 0. The number of hydrogen-bond donors (Lipinski definition) is 0. The largest absolute Gasteiger partial charge is 0.493 e. The highest BCUT2D eigenvalue weighted by Gasteiger charge is 2.15. The lowest BCUT2D eigenvalue weighted by Crippen LogP contribution is -2.31. The lowest BCUT2D eigenvalue weighted by Gasteiger charge is -2.10. The van der Waals surface area contributed by atoms with Crippen molar-refractivity contribution in [3.63, 3.8) is 0 Å². The highest BCUT2D eigenvalue weighted by Crippen LogP contribution is 2.35. The van der Waals surface area contributed by atoms with Crippen LogP contribution in [0.2, 0.25) is 0 Å². The van der Waals surface area contributed by atoms with Gasteiger partial charge in [0, 0.05) is 13.0 Å². The number of hydrogen-bond acceptors (Lipinski definition) is 2. The zero-order valence-corrected chi connectivity index (χ0v) is 10.1. The Morgan fingerprint density at radius 3 is 2.44 bits per heavy atom. The maximum absolute atomic E-state index is 5.45. The molecule has 3 heteroatoms. The molecule has 0 saturated carbocycles. The quantitative estimate of drug-likeness (QED) is 0.719. The molecule has 0 aliphatic rings. The SMILES string of the molecule is COc1ccc2cc[n+](C)c(C)c2c1OC. The molecule has 0 bridgehead atoms. The predicted octanol–water partition coefficient (Wildman–Crippen LogP) is 1.99. The molecule has 0 atom stereocenters. The molecule has 84 valence electrons. The Labute approximate surface area is 95.2 Å². The monoisotopic (exact) mass is 218 g/mol. The summed E-state index contributed by atoms with van der Waals surface area (Å²) < 4.78 is 12.8. The van der Waals surface area contributed by atoms with Crippen LogP contribution in [0.1, 0.15) is 5.69 Å². The van der Waals surface area contributed by atoms with Gasteiger partial charge in [-0.05, 0) is 17.5 Å². The van der Waals surface area contributed by atoms with Crippen molar-refractivity contribution in [2.45, 2.75) is 6.92 Å². The Hall–Kier alpha value is -1.77. The van der Waals surface area contributed by atoms with Crippen LogP contribution in [-0.4, -0.2) is 14.2 Å². The van der Waals surface area contributed by atoms with Crippen LogP contribution in [0, 0.1) is 6.92 Å². The van der Waals surface area contributed by atoms with Crippen molar-refractivity contribution in [2.75, 3.05) is 14.2 Å². The summed E-state index contributed by atoms with van der Waals surface area (Å²) in [5, 5.41) is 2.26. The minimum Gasteiger partial charge on any atom is -0.493 e. The first-order valence-electron chi connectivity index (χ1n) is 5.19. The number of pyridine rings is 1. The summed E-state index contributed by atoms with van der Waals surface area (Å²) in [5.41, 5.74) is 1.16. The van der Waals surface area contributed by atoms with E-state index in [9.17, 15) is 0 Å². The molecule has 0 aliphatic carbocycles. The van der Waals surface area contributed by atoms with Crippen molar-refractivity contribution < 1.29 is 14.0 Å². The maximum atomic E-state index is 5.45. The maximum Gasteiger partial charge on any atom is 0.189 e. The summed E-state index contributed by atoms with van der Waals surface area (Å²) in [6.07, 6.45) is 2.05. The van der Waals surface area contributed by atoms with E-state index in [2.05, 4.69) is 17.6 Å². The van der Waals surface area contributed by atoms with Crippen molar-refractivity contribution in [1.29, 1.82) is 0 Å². The van der Waals surface area contributed by atoms with Crippen LogP contribution < -0.4 is 14.0 Å². The van der Waals surface area contributed by atoms with E-state index in [1.165, 1.54) is 0 Å². The first-order chi connectivity index (χ1) is 7.69. The number of aryl methyl sites for hydroxylation is 2. The average molecular weight is 218 g/mol. The molecule has 0 aliphatic heterocycles. The summed E-state index contributed by atoms with van der Waals surface area (Å²) in [5.74, 6) is 1.57. The fourth-order valence-electron chi connectivity index (χ4n) is 1.93. The van der Waals surface area contributed by atoms with Crippen LogP contribution in [0.4, 0.5) is 0 Å². The van der Waals surface area contributed by atoms with E-state index in [4.69, 9.17) is 9.47 Å². The van der Waals surface area contributed by atoms with Gasteiger partial charge in [-0.15, -0.1) is 0 Å². The van der Waals surface area contributed by atoms with E-state index >= 15 is 0 Å². The van der Waals surface area contributed by atoms with Crippen molar-refractivity contribution in [2.24, 2.45) is 7.05 Å². The molecular formula is C13H16NO2+. The fourth-order valence-corrected chi connectivity index (χ4v) is 1.93. The standard InChI is InChI=1S/C13H16NO2/c1-9-12-10(7-8-14(9)2)5-6-11(15-3)13(12)16-4/h5-8H,1-4H3/q+1. The molecule has 3 nitrogen and oxygen atoms in total. The van der Waals surface area contributed by atoms with Gasteiger partial charge >= 0.3 is 0 Å². The van der Waals surface area contributed by atoms with E-state index in [0.717, 1.165) is 28.0 Å². The third kappa shape index (κ3) is 1.48. The molecule has 0 amide bonds. The topological polar surface area (TPSA) is 22.3 Å². The number of ether oxygens (including phenoxy) is 2. The third-order valence-corrected chi connectivity index (χ3v) is 2.95. The van der Waals surface area contributed by atoms with E-state index < -0.39 is 0 Å². The molecule has 16 heavy (non-hydrogen) atoms. The number of fused-ring (bicyclic) bond motifs is 1. The number of nitrogens with zero attached hydrogens (tertiary/aromatic N) is 1. The molecule has 0 fully saturated rings. The van der Waals surface area contributed by atoms with Crippen molar-refractivity contribution >= 4 is 10.8 Å². The van der Waals surface area contributed by atoms with E-state index in [-0.39, 0.29) is 0 Å². The van der Waals surface area contributed by atoms with Crippen LogP contribution >= 0.6 is 0 Å². The molecular weight excluding hydrogens is 202 g/mol. The second-order valence-electron chi connectivity index (χ2n) is 3.78. The molecule has 0 spiro atoms. The Bertz CT molecular complexity index is 535. The van der Waals surface area contributed by atoms with Gasteiger partial charge in [0.25, 0.3) is 0 Å². The zero-order chi connectivity index (χ0) is 11.7. The Morgan fingerprint density at radius 2 is 1.81 bits per heavy atom. The van der Waals surface area contributed by atoms with Crippen LogP contribution in [0.3, 0.4) is 0 Å². The molecule has 2 rings (SSSR count). The van der Waals surface area contributed by atoms with E-state index in [1.54, 1.807) is 14.2 Å². The van der Waals surface area contributed by atoms with Crippen LogP contribution in [0.15, 0.2) is 24.4 Å². The van der Waals surface area contributed by atoms with Gasteiger partial charge < -0.3 is 9.47 Å². The van der Waals surface area contributed by atoms with Gasteiger partial charge in [0.15, 0.2) is 23.4 Å². The van der Waals surface area contributed by atoms with Gasteiger partial charge in [-0.1, -0.05) is 0 Å². The van der Waals surface area contributed by atoms with Crippen molar-refractivity contribution in [3.05, 3.63) is 30.1 Å². The van der Waals surface area contributed by atoms with Crippen LogP contribution in [0.5, 0.6) is 11.5 Å². The zero-order valence-electron chi connectivity index (χ0n) is 10.1. The smallest absolute Gasteiger partial charge is 0.189 e. The minimum absolute atomic E-state index is 0.768. The van der Waals surface area contributed by atoms with Gasteiger partial charge in [-0.3, -0.25) is 0 Å². The molecule has 1 aromatic heterocycles. The normalized spacial score (nSPS) is 10.5. The lowest BCUT2D eigenvalue weighted by molar-refractivity contribution is -0.676. The Balaban J connectivity index is 2.89. The van der Waals surface area contributed by atoms with E-state index in [0.29, 0.717) is 0 Å². The van der Waals surface area contributed by atoms with Crippen LogP contribution in [-0.2, 0) is 7.05 Å². The first-order valence-corrected chi connectivity index (χ1v) is 5.19. The minimum atomic E-state index is 0.768. The molecule has 0 unspecified atom stereocenters. The molecule has 0 N–H and O–H groups in total. The highest BCUT2D eigenvalue weighted by molar-refractivity contribution is 5.91. The average Bonchev–Trinajstić information content (AvgIpc) is 2.32. The first kappa shape index (κ1) is 10.7. The Morgan fingerprint density at radius 1 is 1.06 bits per heavy atom. The second kappa shape index (κ2) is 4.00. The van der Waals surface area contributed by atoms with Gasteiger partial charge in [0.2, 0.25) is 0 Å². The summed E-state index contributed by atoms with van der Waals surface area (Å²) in [7, 11) is 5.35. The molecule has 1 aromatic carbocycles. The number of methoxy groups -OCH3 is 2. The number of aromatic nitrogens is 1. The number of rotatable bonds is 2. The van der Waals surface area contributed by atoms with Crippen LogP contribution in [0.25, 0.3) is 10.8 Å².